The maximum absolute atomic E-state index is 13.4. The maximum atomic E-state index is 13.4. The van der Waals surface area contributed by atoms with Crippen LogP contribution in [0.2, 0.25) is 0 Å². The van der Waals surface area contributed by atoms with Gasteiger partial charge in [-0.15, -0.1) is 0 Å². The van der Waals surface area contributed by atoms with Gasteiger partial charge in [-0.3, -0.25) is 4.79 Å². The molecule has 1 fully saturated rings. The number of benzene rings is 2. The Hall–Kier alpha value is -3.94. The van der Waals surface area contributed by atoms with Gasteiger partial charge >= 0.3 is 0 Å². The predicted octanol–water partition coefficient (Wildman–Crippen LogP) is 4.83. The SMILES string of the molecule is CCCCc1nc(N2CCCN(C(=O)c3ccccc3OC)CC2)c2c(C)nn(-c3ccccc3)c2n1. The molecule has 8 heteroatoms. The number of unbranched alkanes of at least 4 members (excludes halogenated alkanes) is 1. The second-order valence-corrected chi connectivity index (χ2v) is 9.43. The minimum absolute atomic E-state index is 0.00356. The number of amides is 1. The molecule has 0 spiro atoms. The van der Waals surface area contributed by atoms with Gasteiger partial charge in [0.2, 0.25) is 0 Å². The smallest absolute Gasteiger partial charge is 0.257 e. The van der Waals surface area contributed by atoms with Crippen molar-refractivity contribution in [1.29, 1.82) is 0 Å². The Balaban J connectivity index is 1.49. The van der Waals surface area contributed by atoms with E-state index in [9.17, 15) is 4.79 Å². The van der Waals surface area contributed by atoms with Crippen LogP contribution in [-0.2, 0) is 6.42 Å². The third-order valence-electron chi connectivity index (χ3n) is 6.90. The molecule has 37 heavy (non-hydrogen) atoms. The first-order chi connectivity index (χ1) is 18.1. The Morgan fingerprint density at radius 3 is 2.54 bits per heavy atom. The second kappa shape index (κ2) is 11.0. The van der Waals surface area contributed by atoms with Gasteiger partial charge in [-0.25, -0.2) is 14.6 Å². The van der Waals surface area contributed by atoms with E-state index in [2.05, 4.69) is 11.8 Å². The van der Waals surface area contributed by atoms with Crippen molar-refractivity contribution in [2.24, 2.45) is 0 Å². The fourth-order valence-corrected chi connectivity index (χ4v) is 4.95. The van der Waals surface area contributed by atoms with Gasteiger partial charge in [-0.05, 0) is 44.0 Å². The molecule has 5 rings (SSSR count). The summed E-state index contributed by atoms with van der Waals surface area (Å²) >= 11 is 0. The summed E-state index contributed by atoms with van der Waals surface area (Å²) in [7, 11) is 1.60. The van der Waals surface area contributed by atoms with Gasteiger partial charge in [0.1, 0.15) is 17.4 Å². The number of hydrogen-bond donors (Lipinski definition) is 0. The van der Waals surface area contributed by atoms with E-state index in [1.807, 2.05) is 71.1 Å². The number of para-hydroxylation sites is 2. The summed E-state index contributed by atoms with van der Waals surface area (Å²) in [5, 5.41) is 5.85. The molecule has 1 amide bonds. The van der Waals surface area contributed by atoms with Crippen molar-refractivity contribution in [3.8, 4) is 11.4 Å². The summed E-state index contributed by atoms with van der Waals surface area (Å²) < 4.78 is 7.37. The van der Waals surface area contributed by atoms with Crippen LogP contribution >= 0.6 is 0 Å². The van der Waals surface area contributed by atoms with Gasteiger partial charge in [-0.1, -0.05) is 43.7 Å². The van der Waals surface area contributed by atoms with Gasteiger partial charge in [0.15, 0.2) is 5.65 Å². The molecule has 0 atom stereocenters. The van der Waals surface area contributed by atoms with Crippen molar-refractivity contribution in [2.75, 3.05) is 38.2 Å². The van der Waals surface area contributed by atoms with Crippen molar-refractivity contribution in [3.05, 3.63) is 71.7 Å². The molecule has 1 saturated heterocycles. The van der Waals surface area contributed by atoms with Crippen LogP contribution in [0.1, 0.15) is 48.1 Å². The highest BCUT2D eigenvalue weighted by Gasteiger charge is 2.26. The summed E-state index contributed by atoms with van der Waals surface area (Å²) in [6.45, 7) is 7.00. The molecule has 2 aromatic carbocycles. The van der Waals surface area contributed by atoms with Gasteiger partial charge in [0.25, 0.3) is 5.91 Å². The lowest BCUT2D eigenvalue weighted by Crippen LogP contribution is -2.35. The molecule has 0 radical (unpaired) electrons. The van der Waals surface area contributed by atoms with Gasteiger partial charge in [0.05, 0.1) is 29.4 Å². The minimum Gasteiger partial charge on any atom is -0.496 e. The number of carbonyl (C=O) groups is 1. The van der Waals surface area contributed by atoms with Gasteiger partial charge in [-0.2, -0.15) is 5.10 Å². The van der Waals surface area contributed by atoms with Crippen LogP contribution in [0.4, 0.5) is 5.82 Å². The van der Waals surface area contributed by atoms with E-state index in [1.54, 1.807) is 7.11 Å². The summed E-state index contributed by atoms with van der Waals surface area (Å²) in [4.78, 5) is 27.6. The topological polar surface area (TPSA) is 76.4 Å². The van der Waals surface area contributed by atoms with E-state index in [1.165, 1.54) is 0 Å². The zero-order valence-electron chi connectivity index (χ0n) is 21.9. The van der Waals surface area contributed by atoms with E-state index in [-0.39, 0.29) is 5.91 Å². The fraction of sp³-hybridized carbons (Fsp3) is 0.379. The maximum Gasteiger partial charge on any atom is 0.257 e. The van der Waals surface area contributed by atoms with E-state index in [0.29, 0.717) is 30.9 Å². The first-order valence-corrected chi connectivity index (χ1v) is 13.1. The molecule has 0 saturated carbocycles. The highest BCUT2D eigenvalue weighted by Crippen LogP contribution is 2.30. The predicted molar refractivity (Wildman–Crippen MR) is 146 cm³/mol. The number of aromatic nitrogens is 4. The normalized spacial score (nSPS) is 14.1. The number of aryl methyl sites for hydroxylation is 2. The molecular formula is C29H34N6O2. The third kappa shape index (κ3) is 5.01. The molecule has 4 aromatic rings. The molecule has 3 heterocycles. The fourth-order valence-electron chi connectivity index (χ4n) is 4.95. The van der Waals surface area contributed by atoms with Crippen molar-refractivity contribution in [3.63, 3.8) is 0 Å². The molecule has 192 valence electrons. The lowest BCUT2D eigenvalue weighted by atomic mass is 10.1. The third-order valence-corrected chi connectivity index (χ3v) is 6.90. The van der Waals surface area contributed by atoms with E-state index < -0.39 is 0 Å². The van der Waals surface area contributed by atoms with E-state index in [4.69, 9.17) is 19.8 Å². The van der Waals surface area contributed by atoms with Gasteiger partial charge < -0.3 is 14.5 Å². The van der Waals surface area contributed by atoms with E-state index in [0.717, 1.165) is 66.3 Å². The Morgan fingerprint density at radius 2 is 1.76 bits per heavy atom. The summed E-state index contributed by atoms with van der Waals surface area (Å²) in [6, 6.07) is 17.6. The van der Waals surface area contributed by atoms with Crippen LogP contribution in [-0.4, -0.2) is 63.8 Å². The van der Waals surface area contributed by atoms with Crippen LogP contribution in [0, 0.1) is 6.92 Å². The lowest BCUT2D eigenvalue weighted by Gasteiger charge is -2.24. The Kier molecular flexibility index (Phi) is 7.35. The molecule has 0 unspecified atom stereocenters. The van der Waals surface area contributed by atoms with Crippen molar-refractivity contribution >= 4 is 22.8 Å². The van der Waals surface area contributed by atoms with Crippen LogP contribution < -0.4 is 9.64 Å². The first kappa shape index (κ1) is 24.7. The Morgan fingerprint density at radius 1 is 0.973 bits per heavy atom. The molecular weight excluding hydrogens is 464 g/mol. The molecule has 1 aliphatic heterocycles. The largest absolute Gasteiger partial charge is 0.496 e. The number of hydrogen-bond acceptors (Lipinski definition) is 6. The van der Waals surface area contributed by atoms with Crippen molar-refractivity contribution in [1.82, 2.24) is 24.6 Å². The highest BCUT2D eigenvalue weighted by atomic mass is 16.5. The molecule has 0 bridgehead atoms. The highest BCUT2D eigenvalue weighted by molar-refractivity contribution is 5.97. The van der Waals surface area contributed by atoms with Gasteiger partial charge in [0, 0.05) is 32.6 Å². The van der Waals surface area contributed by atoms with Crippen LogP contribution in [0.5, 0.6) is 5.75 Å². The minimum atomic E-state index is 0.00356. The number of rotatable bonds is 7. The molecule has 0 N–H and O–H groups in total. The average molecular weight is 499 g/mol. The van der Waals surface area contributed by atoms with Crippen LogP contribution in [0.15, 0.2) is 54.6 Å². The Bertz CT molecular complexity index is 1380. The second-order valence-electron chi connectivity index (χ2n) is 9.43. The molecule has 0 aliphatic carbocycles. The number of nitrogens with zero attached hydrogens (tertiary/aromatic N) is 6. The standard InChI is InChI=1S/C29H34N6O2/c1-4-5-16-25-30-27(26-21(2)32-35(28(26)31-25)22-12-7-6-8-13-22)33-17-11-18-34(20-19-33)29(36)23-14-9-10-15-24(23)37-3/h6-10,12-15H,4-5,11,16-20H2,1-3H3. The molecule has 2 aromatic heterocycles. The summed E-state index contributed by atoms with van der Waals surface area (Å²) in [5.41, 5.74) is 3.33. The molecule has 1 aliphatic rings. The zero-order valence-corrected chi connectivity index (χ0v) is 21.9. The van der Waals surface area contributed by atoms with E-state index >= 15 is 0 Å². The van der Waals surface area contributed by atoms with Crippen molar-refractivity contribution in [2.45, 2.75) is 39.5 Å². The molecule has 8 nitrogen and oxygen atoms in total. The lowest BCUT2D eigenvalue weighted by molar-refractivity contribution is 0.0763. The number of carbonyl (C=O) groups excluding carboxylic acids is 1. The van der Waals surface area contributed by atoms with Crippen molar-refractivity contribution < 1.29 is 9.53 Å². The number of fused-ring (bicyclic) bond motifs is 1. The quantitative estimate of drug-likeness (QED) is 0.363. The zero-order chi connectivity index (χ0) is 25.8. The van der Waals surface area contributed by atoms with Crippen LogP contribution in [0.25, 0.3) is 16.7 Å². The monoisotopic (exact) mass is 498 g/mol. The number of anilines is 1. The average Bonchev–Trinajstić information content (AvgIpc) is 3.10. The first-order valence-electron chi connectivity index (χ1n) is 13.1. The summed E-state index contributed by atoms with van der Waals surface area (Å²) in [6.07, 6.45) is 3.79. The number of methoxy groups -OCH3 is 1. The van der Waals surface area contributed by atoms with Crippen LogP contribution in [0.3, 0.4) is 0 Å². The Labute approximate surface area is 217 Å². The summed E-state index contributed by atoms with van der Waals surface area (Å²) in [5.74, 6) is 2.37. The number of ether oxygens (including phenoxy) is 1.